The molecule has 8 N–H and O–H groups in total. The number of aromatic nitrogens is 7. The minimum Gasteiger partial charge on any atom is -0.481 e. The molecule has 1 unspecified atom stereocenters. The number of aliphatic carboxylic acids is 2. The van der Waals surface area contributed by atoms with Crippen LogP contribution >= 0.6 is 68.0 Å². The van der Waals surface area contributed by atoms with Crippen LogP contribution in [0.15, 0.2) is 64.0 Å². The van der Waals surface area contributed by atoms with Gasteiger partial charge >= 0.3 is 18.0 Å². The van der Waals surface area contributed by atoms with Gasteiger partial charge < -0.3 is 56.1 Å². The first-order chi connectivity index (χ1) is 44.2. The highest BCUT2D eigenvalue weighted by atomic mass is 32.1. The van der Waals surface area contributed by atoms with Crippen LogP contribution in [0.3, 0.4) is 0 Å². The van der Waals surface area contributed by atoms with Crippen molar-refractivity contribution in [3.05, 3.63) is 111 Å². The molecule has 1 aromatic carbocycles. The summed E-state index contributed by atoms with van der Waals surface area (Å²) in [5, 5.41) is 53.5. The number of fused-ring (bicyclic) bond motifs is 14. The normalized spacial score (nSPS) is 18.4. The number of pyridine rings is 1. The molecular formula is C59H61N13O14S6. The van der Waals surface area contributed by atoms with Gasteiger partial charge in [0.1, 0.15) is 94.9 Å². The van der Waals surface area contributed by atoms with E-state index in [0.717, 1.165) is 56.7 Å². The van der Waals surface area contributed by atoms with Crippen LogP contribution in [-0.4, -0.2) is 144 Å². The van der Waals surface area contributed by atoms with E-state index in [0.29, 0.717) is 88.7 Å². The number of nitrogens with one attached hydrogen (secondary N) is 5. The Kier molecular flexibility index (Phi) is 21.6. The van der Waals surface area contributed by atoms with E-state index >= 15 is 0 Å². The van der Waals surface area contributed by atoms with Gasteiger partial charge in [0.05, 0.1) is 61.3 Å². The highest BCUT2D eigenvalue weighted by Gasteiger charge is 2.35. The lowest BCUT2D eigenvalue weighted by Crippen LogP contribution is -2.40. The van der Waals surface area contributed by atoms with Crippen LogP contribution in [0, 0.1) is 18.8 Å². The third kappa shape index (κ3) is 15.7. The van der Waals surface area contributed by atoms with Gasteiger partial charge in [0.15, 0.2) is 0 Å². The Morgan fingerprint density at radius 1 is 0.707 bits per heavy atom. The highest BCUT2D eigenvalue weighted by molar-refractivity contribution is 7.15. The fourth-order valence-corrected chi connectivity index (χ4v) is 15.5. The quantitative estimate of drug-likeness (QED) is 0.0425. The molecule has 92 heavy (non-hydrogen) atoms. The molecule has 27 nitrogen and oxygen atoms in total. The van der Waals surface area contributed by atoms with Crippen LogP contribution in [0.1, 0.15) is 132 Å². The lowest BCUT2D eigenvalue weighted by Gasteiger charge is -2.28. The molecule has 0 spiro atoms. The number of hydrogen-bond acceptors (Lipinski definition) is 25. The van der Waals surface area contributed by atoms with E-state index in [4.69, 9.17) is 49.1 Å². The second kappa shape index (κ2) is 29.9. The SMILES string of the molecule is CNC(=O)C[C@@H]1NC(=O)c2csc(n2)-c2ccc(-c3nc(N(CCOCC(=O)O)C(=O)O[C@H]4CC[C@H](C(=O)O)CC4)cs3)nc2-c2csc(n2)-c2csc(n2)[C@H]([C@@H](O)c2ccccc2)NC(=O)CNC(=O)c2nc(sc2COC)C(C(C)C)NC(=O)c2nc1sc2C. The molecular weight excluding hydrogens is 1310 g/mol. The van der Waals surface area contributed by atoms with Crippen molar-refractivity contribution in [2.24, 2.45) is 11.8 Å². The predicted octanol–water partition coefficient (Wildman–Crippen LogP) is 8.00. The molecule has 0 saturated heterocycles. The third-order valence-electron chi connectivity index (χ3n) is 14.7. The molecule has 1 saturated carbocycles. The number of anilines is 1. The van der Waals surface area contributed by atoms with Crippen molar-refractivity contribution in [3.63, 3.8) is 0 Å². The smallest absolute Gasteiger partial charge is 0.415 e. The van der Waals surface area contributed by atoms with Gasteiger partial charge in [-0.3, -0.25) is 33.7 Å². The summed E-state index contributed by atoms with van der Waals surface area (Å²) in [5.41, 5.74) is 2.24. The van der Waals surface area contributed by atoms with Crippen molar-refractivity contribution in [2.75, 3.05) is 45.4 Å². The monoisotopic (exact) mass is 1370 g/mol. The van der Waals surface area contributed by atoms with Crippen molar-refractivity contribution in [3.8, 4) is 43.4 Å². The van der Waals surface area contributed by atoms with Crippen molar-refractivity contribution in [2.45, 2.75) is 89.8 Å². The van der Waals surface area contributed by atoms with Crippen LogP contribution in [-0.2, 0) is 40.0 Å². The number of benzene rings is 1. The summed E-state index contributed by atoms with van der Waals surface area (Å²) in [6.45, 7) is 3.91. The first kappa shape index (κ1) is 66.5. The summed E-state index contributed by atoms with van der Waals surface area (Å²) in [4.78, 5) is 143. The number of thiazole rings is 6. The van der Waals surface area contributed by atoms with Crippen LogP contribution in [0.2, 0.25) is 0 Å². The maximum Gasteiger partial charge on any atom is 0.415 e. The number of aliphatic hydroxyl groups excluding tert-OH is 1. The summed E-state index contributed by atoms with van der Waals surface area (Å²) >= 11 is 6.93. The minimum absolute atomic E-state index is 0.0172. The molecule has 1 aliphatic heterocycles. The number of carbonyl (C=O) groups is 8. The number of carboxylic acids is 2. The number of ether oxygens (including phenoxy) is 3. The zero-order chi connectivity index (χ0) is 65.3. The molecule has 1 fully saturated rings. The summed E-state index contributed by atoms with van der Waals surface area (Å²) in [6.07, 6.45) is -1.62. The largest absolute Gasteiger partial charge is 0.481 e. The first-order valence-corrected chi connectivity index (χ1v) is 33.8. The van der Waals surface area contributed by atoms with Crippen LogP contribution in [0.25, 0.3) is 43.4 Å². The third-order valence-corrected chi connectivity index (χ3v) is 20.4. The zero-order valence-corrected chi connectivity index (χ0v) is 54.7. The molecule has 1 aliphatic carbocycles. The van der Waals surface area contributed by atoms with Crippen molar-refractivity contribution >= 4 is 121 Å². The Balaban J connectivity index is 1.03. The maximum atomic E-state index is 14.4. The minimum atomic E-state index is -1.31. The maximum absolute atomic E-state index is 14.4. The standard InChI is InChI=1S/C59H61N13O14S6/c1-27(2)43-57-71-46(38(92-57)21-84-5)50(79)61-20-41(74)68-47(48(77)29-9-7-6-8-10-29)56-66-37(25-89-56)54-64-35(23-88-54)45-32(52-65-36(24-87-52)49(78)63-34(19-40(73)60-4)55-70-44(28(3)91-55)51(80)69-43)15-16-33(62-45)53-67-39(26-90-53)72(17-18-85-22-42(75)76)59(83)86-31-13-11-30(12-14-31)58(81)82/h6-10,15-16,23-27,30-31,34,43,47-48,77H,11-14,17-22H2,1-5H3,(H,60,73)(H,61,79)(H,63,78)(H,68,74)(H,69,80)(H,75,76)(H,81,82)/t30-,31-,34-,43?,47-,48-/m0/s1. The molecule has 33 heteroatoms. The summed E-state index contributed by atoms with van der Waals surface area (Å²) in [5.74, 6) is -5.82. The molecule has 4 atom stereocenters. The van der Waals surface area contributed by atoms with E-state index in [-0.39, 0.29) is 65.7 Å². The van der Waals surface area contributed by atoms with Crippen molar-refractivity contribution < 1.29 is 67.9 Å². The first-order valence-electron chi connectivity index (χ1n) is 28.7. The molecule has 6 amide bonds. The number of aryl methyl sites for hydroxylation is 1. The number of carboxylic acid groups (broad SMARTS) is 2. The molecule has 8 heterocycles. The van der Waals surface area contributed by atoms with Crippen LogP contribution < -0.4 is 31.5 Å². The average molecular weight is 1370 g/mol. The van der Waals surface area contributed by atoms with Gasteiger partial charge in [-0.25, -0.2) is 44.5 Å². The van der Waals surface area contributed by atoms with Gasteiger partial charge in [-0.1, -0.05) is 44.2 Å². The van der Waals surface area contributed by atoms with E-state index in [2.05, 4.69) is 26.6 Å². The number of methoxy groups -OCH3 is 1. The number of nitrogens with zero attached hydrogens (tertiary/aromatic N) is 8. The molecule has 7 aromatic heterocycles. The van der Waals surface area contributed by atoms with E-state index in [1.807, 2.05) is 13.8 Å². The van der Waals surface area contributed by atoms with Gasteiger partial charge in [-0.2, -0.15) is 0 Å². The molecule has 0 radical (unpaired) electrons. The van der Waals surface area contributed by atoms with Gasteiger partial charge in [0, 0.05) is 46.1 Å². The van der Waals surface area contributed by atoms with Crippen molar-refractivity contribution in [1.29, 1.82) is 0 Å². The summed E-state index contributed by atoms with van der Waals surface area (Å²) in [6, 6.07) is 9.19. The second-order valence-corrected chi connectivity index (χ2v) is 27.3. The van der Waals surface area contributed by atoms with Crippen molar-refractivity contribution in [1.82, 2.24) is 61.5 Å². The second-order valence-electron chi connectivity index (χ2n) is 21.4. The number of hydrogen-bond donors (Lipinski definition) is 8. The van der Waals surface area contributed by atoms with E-state index in [1.54, 1.807) is 70.9 Å². The highest BCUT2D eigenvalue weighted by Crippen LogP contribution is 2.41. The van der Waals surface area contributed by atoms with Crippen LogP contribution in [0.5, 0.6) is 0 Å². The molecule has 8 aromatic rings. The Labute approximate surface area is 549 Å². The van der Waals surface area contributed by atoms with E-state index < -0.39 is 97.0 Å². The lowest BCUT2D eigenvalue weighted by molar-refractivity contribution is -0.143. The number of carbonyl (C=O) groups excluding carboxylic acids is 6. The Hall–Kier alpha value is -8.41. The summed E-state index contributed by atoms with van der Waals surface area (Å²) in [7, 11) is 2.91. The van der Waals surface area contributed by atoms with Crippen LogP contribution in [0.4, 0.5) is 10.6 Å². The molecule has 10 bridgehead atoms. The Bertz CT molecular complexity index is 4020. The Morgan fingerprint density at radius 3 is 2.14 bits per heavy atom. The van der Waals surface area contributed by atoms with Gasteiger partial charge in [-0.05, 0) is 56.2 Å². The number of aliphatic hydroxyl groups is 1. The van der Waals surface area contributed by atoms with E-state index in [1.165, 1.54) is 30.4 Å². The topological polar surface area (TPSA) is 379 Å². The Morgan fingerprint density at radius 2 is 1.41 bits per heavy atom. The zero-order valence-electron chi connectivity index (χ0n) is 49.8. The fraction of sp³-hybridized carbons (Fsp3) is 0.373. The number of rotatable bonds is 16. The molecule has 2 aliphatic rings. The number of amides is 6. The van der Waals surface area contributed by atoms with Gasteiger partial charge in [0.2, 0.25) is 11.8 Å². The average Bonchev–Trinajstić information content (AvgIpc) is 1.62. The van der Waals surface area contributed by atoms with Gasteiger partial charge in [-0.15, -0.1) is 68.0 Å². The summed E-state index contributed by atoms with van der Waals surface area (Å²) < 4.78 is 16.6. The van der Waals surface area contributed by atoms with Gasteiger partial charge in [0.25, 0.3) is 17.7 Å². The molecule has 482 valence electrons. The fourth-order valence-electron chi connectivity index (χ4n) is 9.95. The predicted molar refractivity (Wildman–Crippen MR) is 343 cm³/mol. The lowest BCUT2D eigenvalue weighted by atomic mass is 9.87. The van der Waals surface area contributed by atoms with E-state index in [9.17, 15) is 53.7 Å². The molecule has 10 rings (SSSR count).